The number of hydrogen-bond donors (Lipinski definition) is 1. The number of anilines is 1. The Labute approximate surface area is 157 Å². The van der Waals surface area contributed by atoms with Gasteiger partial charge in [0.1, 0.15) is 0 Å². The van der Waals surface area contributed by atoms with E-state index in [0.717, 1.165) is 11.1 Å². The summed E-state index contributed by atoms with van der Waals surface area (Å²) >= 11 is 12.0. The van der Waals surface area contributed by atoms with Crippen molar-refractivity contribution >= 4 is 40.7 Å². The monoisotopic (exact) mass is 378 g/mol. The number of rotatable bonds is 6. The van der Waals surface area contributed by atoms with E-state index >= 15 is 0 Å². The van der Waals surface area contributed by atoms with Crippen molar-refractivity contribution in [3.8, 4) is 0 Å². The molecule has 0 aliphatic carbocycles. The van der Waals surface area contributed by atoms with E-state index in [1.807, 2.05) is 31.2 Å². The maximum absolute atomic E-state index is 12.2. The molecule has 25 heavy (non-hydrogen) atoms. The van der Waals surface area contributed by atoms with E-state index < -0.39 is 0 Å². The number of carbonyl (C=O) groups is 2. The van der Waals surface area contributed by atoms with Crippen LogP contribution in [0.2, 0.25) is 10.0 Å². The van der Waals surface area contributed by atoms with E-state index in [9.17, 15) is 9.59 Å². The highest BCUT2D eigenvalue weighted by molar-refractivity contribution is 6.43. The summed E-state index contributed by atoms with van der Waals surface area (Å²) < 4.78 is 0. The second kappa shape index (κ2) is 8.88. The van der Waals surface area contributed by atoms with Crippen molar-refractivity contribution in [1.82, 2.24) is 4.90 Å². The number of halogens is 2. The maximum atomic E-state index is 12.2. The average molecular weight is 379 g/mol. The fourth-order valence-electron chi connectivity index (χ4n) is 2.43. The Morgan fingerprint density at radius 2 is 1.84 bits per heavy atom. The molecule has 6 heteroatoms. The molecule has 0 spiro atoms. The molecule has 0 unspecified atom stereocenters. The molecule has 2 rings (SSSR count). The van der Waals surface area contributed by atoms with Crippen LogP contribution < -0.4 is 5.32 Å². The van der Waals surface area contributed by atoms with Gasteiger partial charge in [0.15, 0.2) is 0 Å². The standard InChI is InChI=1S/C19H20Cl2N2O2/c1-13-5-3-6-15(11-13)12-23(14(2)24)10-9-18(25)22-17-8-4-7-16(20)19(17)21/h3-8,11H,9-10,12H2,1-2H3,(H,22,25). The largest absolute Gasteiger partial charge is 0.338 e. The fraction of sp³-hybridized carbons (Fsp3) is 0.263. The van der Waals surface area contributed by atoms with Crippen molar-refractivity contribution in [2.24, 2.45) is 0 Å². The van der Waals surface area contributed by atoms with Gasteiger partial charge in [-0.2, -0.15) is 0 Å². The molecule has 0 heterocycles. The first-order chi connectivity index (χ1) is 11.9. The minimum Gasteiger partial charge on any atom is -0.338 e. The Bertz CT molecular complexity index is 778. The number of hydrogen-bond acceptors (Lipinski definition) is 2. The van der Waals surface area contributed by atoms with E-state index in [-0.39, 0.29) is 18.2 Å². The molecule has 0 aliphatic rings. The van der Waals surface area contributed by atoms with Crippen molar-refractivity contribution in [3.05, 3.63) is 63.6 Å². The molecule has 132 valence electrons. The van der Waals surface area contributed by atoms with Crippen LogP contribution in [0.15, 0.2) is 42.5 Å². The first-order valence-electron chi connectivity index (χ1n) is 7.91. The molecule has 0 bridgehead atoms. The molecule has 4 nitrogen and oxygen atoms in total. The van der Waals surface area contributed by atoms with E-state index in [2.05, 4.69) is 5.32 Å². The number of carbonyl (C=O) groups excluding carboxylic acids is 2. The van der Waals surface area contributed by atoms with Crippen molar-refractivity contribution in [2.45, 2.75) is 26.8 Å². The highest BCUT2D eigenvalue weighted by Crippen LogP contribution is 2.29. The third kappa shape index (κ3) is 5.76. The van der Waals surface area contributed by atoms with Crippen molar-refractivity contribution in [3.63, 3.8) is 0 Å². The zero-order valence-corrected chi connectivity index (χ0v) is 15.7. The van der Waals surface area contributed by atoms with Crippen LogP contribution in [0.4, 0.5) is 5.69 Å². The number of amides is 2. The molecule has 0 atom stereocenters. The minimum absolute atomic E-state index is 0.0740. The van der Waals surface area contributed by atoms with Gasteiger partial charge in [0.05, 0.1) is 15.7 Å². The quantitative estimate of drug-likeness (QED) is 0.792. The summed E-state index contributed by atoms with van der Waals surface area (Å²) in [6.07, 6.45) is 0.175. The highest BCUT2D eigenvalue weighted by Gasteiger charge is 2.13. The van der Waals surface area contributed by atoms with Crippen LogP contribution >= 0.6 is 23.2 Å². The molecular weight excluding hydrogens is 359 g/mol. The van der Waals surface area contributed by atoms with Gasteiger partial charge in [-0.05, 0) is 24.6 Å². The van der Waals surface area contributed by atoms with Crippen molar-refractivity contribution in [2.75, 3.05) is 11.9 Å². The molecule has 2 aromatic rings. The predicted molar refractivity (Wildman–Crippen MR) is 102 cm³/mol. The number of nitrogens with zero attached hydrogens (tertiary/aromatic N) is 1. The highest BCUT2D eigenvalue weighted by atomic mass is 35.5. The molecule has 1 N–H and O–H groups in total. The lowest BCUT2D eigenvalue weighted by atomic mass is 10.1. The Hall–Kier alpha value is -2.04. The molecule has 2 amide bonds. The Kier molecular flexibility index (Phi) is 6.85. The zero-order chi connectivity index (χ0) is 18.4. The summed E-state index contributed by atoms with van der Waals surface area (Å²) in [6, 6.07) is 13.0. The summed E-state index contributed by atoms with van der Waals surface area (Å²) in [6.45, 7) is 4.31. The number of aryl methyl sites for hydroxylation is 1. The van der Waals surface area contributed by atoms with Gasteiger partial charge in [0.2, 0.25) is 11.8 Å². The average Bonchev–Trinajstić information content (AvgIpc) is 2.55. The van der Waals surface area contributed by atoms with Crippen molar-refractivity contribution < 1.29 is 9.59 Å². The van der Waals surface area contributed by atoms with E-state index in [4.69, 9.17) is 23.2 Å². The van der Waals surface area contributed by atoms with Gasteiger partial charge >= 0.3 is 0 Å². The summed E-state index contributed by atoms with van der Waals surface area (Å²) in [4.78, 5) is 25.7. The van der Waals surface area contributed by atoms with Gasteiger partial charge in [-0.3, -0.25) is 9.59 Å². The van der Waals surface area contributed by atoms with Gasteiger partial charge < -0.3 is 10.2 Å². The normalized spacial score (nSPS) is 10.4. The Balaban J connectivity index is 1.95. The van der Waals surface area contributed by atoms with Crippen LogP contribution in [0.5, 0.6) is 0 Å². The predicted octanol–water partition coefficient (Wildman–Crippen LogP) is 4.68. The SMILES string of the molecule is CC(=O)N(CCC(=O)Nc1cccc(Cl)c1Cl)Cc1cccc(C)c1. The first kappa shape index (κ1) is 19.3. The van der Waals surface area contributed by atoms with Crippen LogP contribution in [0.1, 0.15) is 24.5 Å². The second-order valence-electron chi connectivity index (χ2n) is 5.83. The molecule has 2 aromatic carbocycles. The second-order valence-corrected chi connectivity index (χ2v) is 6.61. The van der Waals surface area contributed by atoms with Crippen LogP contribution in [0.25, 0.3) is 0 Å². The lowest BCUT2D eigenvalue weighted by Gasteiger charge is -2.21. The Morgan fingerprint density at radius 3 is 2.52 bits per heavy atom. The van der Waals surface area contributed by atoms with Crippen molar-refractivity contribution in [1.29, 1.82) is 0 Å². The van der Waals surface area contributed by atoms with Crippen LogP contribution in [0.3, 0.4) is 0 Å². The van der Waals surface area contributed by atoms with Crippen LogP contribution in [0, 0.1) is 6.92 Å². The summed E-state index contributed by atoms with van der Waals surface area (Å²) in [7, 11) is 0. The molecule has 0 fully saturated rings. The van der Waals surface area contributed by atoms with Gasteiger partial charge in [-0.1, -0.05) is 59.1 Å². The zero-order valence-electron chi connectivity index (χ0n) is 14.2. The summed E-state index contributed by atoms with van der Waals surface area (Å²) in [5, 5.41) is 3.41. The lowest BCUT2D eigenvalue weighted by Crippen LogP contribution is -2.31. The number of benzene rings is 2. The maximum Gasteiger partial charge on any atom is 0.226 e. The minimum atomic E-state index is -0.223. The molecule has 0 aromatic heterocycles. The molecular formula is C19H20Cl2N2O2. The molecule has 0 saturated carbocycles. The fourth-order valence-corrected chi connectivity index (χ4v) is 2.78. The number of nitrogens with one attached hydrogen (secondary N) is 1. The van der Waals surface area contributed by atoms with Gasteiger partial charge in [-0.15, -0.1) is 0 Å². The van der Waals surface area contributed by atoms with Gasteiger partial charge in [0, 0.05) is 26.4 Å². The molecule has 0 radical (unpaired) electrons. The first-order valence-corrected chi connectivity index (χ1v) is 8.67. The summed E-state index contributed by atoms with van der Waals surface area (Å²) in [5.41, 5.74) is 2.63. The van der Waals surface area contributed by atoms with E-state index in [0.29, 0.717) is 28.8 Å². The summed E-state index contributed by atoms with van der Waals surface area (Å²) in [5.74, 6) is -0.297. The van der Waals surface area contributed by atoms with Crippen LogP contribution in [-0.4, -0.2) is 23.3 Å². The molecule has 0 saturated heterocycles. The third-order valence-corrected chi connectivity index (χ3v) is 4.55. The lowest BCUT2D eigenvalue weighted by molar-refractivity contribution is -0.129. The van der Waals surface area contributed by atoms with Gasteiger partial charge in [-0.25, -0.2) is 0 Å². The van der Waals surface area contributed by atoms with Gasteiger partial charge in [0.25, 0.3) is 0 Å². The van der Waals surface area contributed by atoms with E-state index in [1.54, 1.807) is 23.1 Å². The topological polar surface area (TPSA) is 49.4 Å². The third-order valence-electron chi connectivity index (χ3n) is 3.74. The molecule has 0 aliphatic heterocycles. The van der Waals surface area contributed by atoms with E-state index in [1.165, 1.54) is 6.92 Å². The Morgan fingerprint density at radius 1 is 1.12 bits per heavy atom. The smallest absolute Gasteiger partial charge is 0.226 e. The van der Waals surface area contributed by atoms with Crippen LogP contribution in [-0.2, 0) is 16.1 Å².